The maximum Gasteiger partial charge on any atom is 0.119 e. The fourth-order valence-corrected chi connectivity index (χ4v) is 4.30. The van der Waals surface area contributed by atoms with Gasteiger partial charge in [0.15, 0.2) is 0 Å². The molecule has 0 unspecified atom stereocenters. The molecule has 3 rings (SSSR count). The Bertz CT molecular complexity index is 686. The summed E-state index contributed by atoms with van der Waals surface area (Å²) < 4.78 is 6.01. The average molecular weight is 407 g/mol. The van der Waals surface area contributed by atoms with Crippen molar-refractivity contribution < 1.29 is 4.74 Å². The van der Waals surface area contributed by atoms with Gasteiger partial charge in [0.25, 0.3) is 0 Å². The van der Waals surface area contributed by atoms with Crippen molar-refractivity contribution in [1.29, 1.82) is 0 Å². The summed E-state index contributed by atoms with van der Waals surface area (Å²) in [5.74, 6) is 1.68. The lowest BCUT2D eigenvalue weighted by molar-refractivity contribution is 0.221. The normalized spacial score (nSPS) is 14.7. The van der Waals surface area contributed by atoms with E-state index in [0.717, 1.165) is 30.0 Å². The average Bonchev–Trinajstić information content (AvgIpc) is 2.81. The van der Waals surface area contributed by atoms with E-state index in [1.807, 2.05) is 0 Å². The summed E-state index contributed by atoms with van der Waals surface area (Å²) in [4.78, 5) is 4.70. The lowest BCUT2D eigenvalue weighted by atomic mass is 9.90. The second kappa shape index (κ2) is 13.5. The van der Waals surface area contributed by atoms with Crippen molar-refractivity contribution in [2.75, 3.05) is 6.61 Å². The zero-order chi connectivity index (χ0) is 20.9. The van der Waals surface area contributed by atoms with Crippen molar-refractivity contribution in [3.05, 3.63) is 54.6 Å². The van der Waals surface area contributed by atoms with E-state index >= 15 is 0 Å². The predicted molar refractivity (Wildman–Crippen MR) is 128 cm³/mol. The number of rotatable bonds is 13. The fourth-order valence-electron chi connectivity index (χ4n) is 4.30. The summed E-state index contributed by atoms with van der Waals surface area (Å²) in [6, 6.07) is 12.8. The highest BCUT2D eigenvalue weighted by atomic mass is 16.5. The predicted octanol–water partition coefficient (Wildman–Crippen LogP) is 8.21. The van der Waals surface area contributed by atoms with Crippen LogP contribution in [-0.2, 0) is 6.42 Å². The second-order valence-corrected chi connectivity index (χ2v) is 8.92. The van der Waals surface area contributed by atoms with Crippen LogP contribution in [0.5, 0.6) is 5.75 Å². The number of hydrogen-bond acceptors (Lipinski definition) is 2. The largest absolute Gasteiger partial charge is 0.493 e. The maximum absolute atomic E-state index is 6.01. The number of aryl methyl sites for hydroxylation is 1. The van der Waals surface area contributed by atoms with Gasteiger partial charge in [-0.2, -0.15) is 0 Å². The molecule has 1 aliphatic rings. The van der Waals surface area contributed by atoms with E-state index in [9.17, 15) is 0 Å². The quantitative estimate of drug-likeness (QED) is 0.313. The summed E-state index contributed by atoms with van der Waals surface area (Å²) in [5.41, 5.74) is 3.56. The SMILES string of the molecule is CCCCCCCCCCc1ccc(-c2ccc(OCC3CC[CH]CC3)cc2)nc1. The molecule has 1 fully saturated rings. The lowest BCUT2D eigenvalue weighted by Crippen LogP contribution is -2.15. The molecule has 0 N–H and O–H groups in total. The van der Waals surface area contributed by atoms with Crippen molar-refractivity contribution in [3.63, 3.8) is 0 Å². The van der Waals surface area contributed by atoms with Crippen LogP contribution in [0.3, 0.4) is 0 Å². The van der Waals surface area contributed by atoms with Crippen LogP contribution in [-0.4, -0.2) is 11.6 Å². The van der Waals surface area contributed by atoms with E-state index in [0.29, 0.717) is 5.92 Å². The Morgan fingerprint density at radius 3 is 2.20 bits per heavy atom. The molecule has 0 spiro atoms. The summed E-state index contributed by atoms with van der Waals surface area (Å²) >= 11 is 0. The van der Waals surface area contributed by atoms with Crippen LogP contribution in [0.1, 0.15) is 89.5 Å². The number of unbranched alkanes of at least 4 members (excludes halogenated alkanes) is 7. The minimum atomic E-state index is 0.713. The van der Waals surface area contributed by atoms with Crippen LogP contribution in [0.25, 0.3) is 11.3 Å². The third kappa shape index (κ3) is 8.13. The molecule has 1 radical (unpaired) electrons. The zero-order valence-electron chi connectivity index (χ0n) is 19.0. The Hall–Kier alpha value is -1.83. The number of aromatic nitrogens is 1. The number of hydrogen-bond donors (Lipinski definition) is 0. The molecule has 1 aromatic heterocycles. The van der Waals surface area contributed by atoms with Gasteiger partial charge in [-0.1, -0.05) is 57.9 Å². The van der Waals surface area contributed by atoms with Gasteiger partial charge in [0.05, 0.1) is 12.3 Å². The number of ether oxygens (including phenoxy) is 1. The van der Waals surface area contributed by atoms with Crippen molar-refractivity contribution in [2.45, 2.75) is 90.4 Å². The van der Waals surface area contributed by atoms with Crippen LogP contribution < -0.4 is 4.74 Å². The molecule has 1 aromatic carbocycles. The van der Waals surface area contributed by atoms with E-state index < -0.39 is 0 Å². The first-order valence-corrected chi connectivity index (χ1v) is 12.3. The Labute approximate surface area is 184 Å². The van der Waals surface area contributed by atoms with Gasteiger partial charge in [-0.15, -0.1) is 0 Å². The Morgan fingerprint density at radius 1 is 0.833 bits per heavy atom. The number of pyridine rings is 1. The molecule has 0 bridgehead atoms. The molecule has 163 valence electrons. The molecule has 30 heavy (non-hydrogen) atoms. The maximum atomic E-state index is 6.01. The highest BCUT2D eigenvalue weighted by molar-refractivity contribution is 5.60. The van der Waals surface area contributed by atoms with E-state index in [4.69, 9.17) is 9.72 Å². The number of nitrogens with zero attached hydrogens (tertiary/aromatic N) is 1. The molecule has 1 heterocycles. The molecule has 2 nitrogen and oxygen atoms in total. The molecule has 0 aliphatic heterocycles. The van der Waals surface area contributed by atoms with Crippen molar-refractivity contribution >= 4 is 0 Å². The molecular formula is C28H40NO. The van der Waals surface area contributed by atoms with E-state index in [1.54, 1.807) is 0 Å². The van der Waals surface area contributed by atoms with Crippen LogP contribution >= 0.6 is 0 Å². The molecule has 2 aromatic rings. The van der Waals surface area contributed by atoms with Gasteiger partial charge in [-0.05, 0) is 86.8 Å². The minimum Gasteiger partial charge on any atom is -0.493 e. The molecule has 0 atom stereocenters. The third-order valence-electron chi connectivity index (χ3n) is 6.34. The van der Waals surface area contributed by atoms with Gasteiger partial charge >= 0.3 is 0 Å². The Morgan fingerprint density at radius 2 is 1.53 bits per heavy atom. The minimum absolute atomic E-state index is 0.713. The van der Waals surface area contributed by atoms with Crippen LogP contribution in [0.4, 0.5) is 0 Å². The topological polar surface area (TPSA) is 22.1 Å². The van der Waals surface area contributed by atoms with E-state index in [-0.39, 0.29) is 0 Å². The summed E-state index contributed by atoms with van der Waals surface area (Å²) in [7, 11) is 0. The molecule has 1 saturated carbocycles. The highest BCUT2D eigenvalue weighted by Gasteiger charge is 2.14. The van der Waals surface area contributed by atoms with Gasteiger partial charge in [0.1, 0.15) is 5.75 Å². The Balaban J connectivity index is 1.36. The number of benzene rings is 1. The second-order valence-electron chi connectivity index (χ2n) is 8.92. The van der Waals surface area contributed by atoms with Crippen LogP contribution in [0, 0.1) is 12.3 Å². The van der Waals surface area contributed by atoms with E-state index in [1.165, 1.54) is 82.6 Å². The Kier molecular flexibility index (Phi) is 10.3. The van der Waals surface area contributed by atoms with Crippen LogP contribution in [0.2, 0.25) is 0 Å². The lowest BCUT2D eigenvalue weighted by Gasteiger charge is -2.21. The van der Waals surface area contributed by atoms with E-state index in [2.05, 4.69) is 55.9 Å². The zero-order valence-corrected chi connectivity index (χ0v) is 19.0. The summed E-state index contributed by atoms with van der Waals surface area (Å²) in [5, 5.41) is 0. The first-order chi connectivity index (χ1) is 14.8. The molecular weight excluding hydrogens is 366 g/mol. The van der Waals surface area contributed by atoms with Gasteiger partial charge in [-0.25, -0.2) is 0 Å². The molecule has 0 saturated heterocycles. The van der Waals surface area contributed by atoms with Gasteiger partial charge < -0.3 is 4.74 Å². The van der Waals surface area contributed by atoms with Gasteiger partial charge in [-0.3, -0.25) is 4.98 Å². The molecule has 0 amide bonds. The first kappa shape index (κ1) is 22.8. The van der Waals surface area contributed by atoms with Crippen LogP contribution in [0.15, 0.2) is 42.6 Å². The van der Waals surface area contributed by atoms with Crippen molar-refractivity contribution in [3.8, 4) is 17.0 Å². The third-order valence-corrected chi connectivity index (χ3v) is 6.34. The molecule has 1 aliphatic carbocycles. The van der Waals surface area contributed by atoms with Crippen molar-refractivity contribution in [1.82, 2.24) is 4.98 Å². The smallest absolute Gasteiger partial charge is 0.119 e. The first-order valence-electron chi connectivity index (χ1n) is 12.3. The van der Waals surface area contributed by atoms with Crippen molar-refractivity contribution in [2.24, 2.45) is 5.92 Å². The summed E-state index contributed by atoms with van der Waals surface area (Å²) in [6.45, 7) is 3.12. The fraction of sp³-hybridized carbons (Fsp3) is 0.571. The van der Waals surface area contributed by atoms with Gasteiger partial charge in [0, 0.05) is 11.8 Å². The summed E-state index contributed by atoms with van der Waals surface area (Å²) in [6.07, 6.45) is 21.6. The highest BCUT2D eigenvalue weighted by Crippen LogP contribution is 2.25. The monoisotopic (exact) mass is 406 g/mol. The molecule has 2 heteroatoms. The van der Waals surface area contributed by atoms with Gasteiger partial charge in [0.2, 0.25) is 0 Å². The standard InChI is InChI=1S/C28H40NO/c1-2-3-4-5-6-7-8-10-13-24-16-21-28(29-22-24)26-17-19-27(20-18-26)30-23-25-14-11-9-12-15-25/h9,16-22,25H,2-8,10-15,23H2,1H3.